The number of carboxylic acid groups (broad SMARTS) is 1. The van der Waals surface area contributed by atoms with Crippen LogP contribution in [0.3, 0.4) is 0 Å². The lowest BCUT2D eigenvalue weighted by molar-refractivity contribution is -0.137. The molecule has 0 atom stereocenters. The summed E-state index contributed by atoms with van der Waals surface area (Å²) in [5.41, 5.74) is 0.833. The largest absolute Gasteiger partial charge is 0.481 e. The van der Waals surface area contributed by atoms with Gasteiger partial charge in [0.15, 0.2) is 0 Å². The molecule has 0 aliphatic heterocycles. The number of aromatic nitrogens is 2. The van der Waals surface area contributed by atoms with E-state index < -0.39 is 5.97 Å². The molecular weight excluding hydrogens is 286 g/mol. The number of aryl methyl sites for hydroxylation is 1. The number of benzene rings is 1. The Bertz CT molecular complexity index is 625. The van der Waals surface area contributed by atoms with Gasteiger partial charge in [0.25, 0.3) is 0 Å². The minimum Gasteiger partial charge on any atom is -0.481 e. The smallest absolute Gasteiger partial charge is 0.303 e. The SMILES string of the molecule is O=C(O)CCCNC(=O)CCc1nnc(-c2ccccc2)o1. The molecule has 7 nitrogen and oxygen atoms in total. The summed E-state index contributed by atoms with van der Waals surface area (Å²) in [6, 6.07) is 9.39. The summed E-state index contributed by atoms with van der Waals surface area (Å²) in [4.78, 5) is 21.9. The fourth-order valence-electron chi connectivity index (χ4n) is 1.83. The zero-order chi connectivity index (χ0) is 15.8. The quantitative estimate of drug-likeness (QED) is 0.718. The second-order valence-corrected chi connectivity index (χ2v) is 4.71. The molecule has 0 aliphatic rings. The number of nitrogens with one attached hydrogen (secondary N) is 1. The average molecular weight is 303 g/mol. The van der Waals surface area contributed by atoms with E-state index in [9.17, 15) is 9.59 Å². The van der Waals surface area contributed by atoms with Gasteiger partial charge in [-0.2, -0.15) is 0 Å². The predicted molar refractivity (Wildman–Crippen MR) is 77.9 cm³/mol. The molecule has 0 bridgehead atoms. The molecule has 0 aliphatic carbocycles. The molecule has 2 rings (SSSR count). The summed E-state index contributed by atoms with van der Waals surface area (Å²) in [5, 5.41) is 19.0. The number of hydrogen-bond donors (Lipinski definition) is 2. The molecule has 22 heavy (non-hydrogen) atoms. The third-order valence-corrected chi connectivity index (χ3v) is 2.94. The monoisotopic (exact) mass is 303 g/mol. The fraction of sp³-hybridized carbons (Fsp3) is 0.333. The van der Waals surface area contributed by atoms with Crippen LogP contribution < -0.4 is 5.32 Å². The van der Waals surface area contributed by atoms with Crippen LogP contribution in [0.15, 0.2) is 34.7 Å². The summed E-state index contributed by atoms with van der Waals surface area (Å²) in [5.74, 6) is -0.199. The zero-order valence-corrected chi connectivity index (χ0v) is 12.0. The second-order valence-electron chi connectivity index (χ2n) is 4.71. The van der Waals surface area contributed by atoms with Gasteiger partial charge in [-0.25, -0.2) is 0 Å². The Hall–Kier alpha value is -2.70. The van der Waals surface area contributed by atoms with E-state index in [1.807, 2.05) is 30.3 Å². The summed E-state index contributed by atoms with van der Waals surface area (Å²) in [6.07, 6.45) is 1.04. The number of carboxylic acids is 1. The summed E-state index contributed by atoms with van der Waals surface area (Å²) in [6.45, 7) is 0.351. The standard InChI is InChI=1S/C15H17N3O4/c19-12(16-10-4-7-14(20)21)8-9-13-17-18-15(22-13)11-5-2-1-3-6-11/h1-3,5-6H,4,7-10H2,(H,16,19)(H,20,21). The third kappa shape index (κ3) is 5.01. The lowest BCUT2D eigenvalue weighted by Crippen LogP contribution is -2.25. The van der Waals surface area contributed by atoms with Gasteiger partial charge >= 0.3 is 5.97 Å². The van der Waals surface area contributed by atoms with E-state index in [-0.39, 0.29) is 18.7 Å². The van der Waals surface area contributed by atoms with Crippen molar-refractivity contribution in [2.75, 3.05) is 6.54 Å². The average Bonchev–Trinajstić information content (AvgIpc) is 2.99. The Balaban J connectivity index is 1.74. The molecule has 116 valence electrons. The molecule has 1 aromatic heterocycles. The van der Waals surface area contributed by atoms with E-state index in [0.29, 0.717) is 31.2 Å². The number of nitrogens with zero attached hydrogens (tertiary/aromatic N) is 2. The molecule has 2 aromatic rings. The number of hydrogen-bond acceptors (Lipinski definition) is 5. The molecule has 0 fully saturated rings. The Labute approximate surface area is 127 Å². The first-order valence-electron chi connectivity index (χ1n) is 7.01. The maximum Gasteiger partial charge on any atom is 0.303 e. The van der Waals surface area contributed by atoms with E-state index in [1.54, 1.807) is 0 Å². The van der Waals surface area contributed by atoms with Gasteiger partial charge in [0, 0.05) is 31.4 Å². The summed E-state index contributed by atoms with van der Waals surface area (Å²) >= 11 is 0. The first-order chi connectivity index (χ1) is 10.6. The van der Waals surface area contributed by atoms with Gasteiger partial charge in [0.1, 0.15) is 0 Å². The van der Waals surface area contributed by atoms with Gasteiger partial charge in [-0.3, -0.25) is 9.59 Å². The summed E-state index contributed by atoms with van der Waals surface area (Å²) < 4.78 is 5.50. The molecule has 1 heterocycles. The molecule has 0 radical (unpaired) electrons. The van der Waals surface area contributed by atoms with Crippen molar-refractivity contribution in [3.8, 4) is 11.5 Å². The van der Waals surface area contributed by atoms with Gasteiger partial charge < -0.3 is 14.8 Å². The van der Waals surface area contributed by atoms with Crippen molar-refractivity contribution < 1.29 is 19.1 Å². The van der Waals surface area contributed by atoms with Crippen molar-refractivity contribution in [1.82, 2.24) is 15.5 Å². The molecule has 0 saturated carbocycles. The highest BCUT2D eigenvalue weighted by molar-refractivity contribution is 5.76. The van der Waals surface area contributed by atoms with Crippen molar-refractivity contribution in [3.63, 3.8) is 0 Å². The highest BCUT2D eigenvalue weighted by Gasteiger charge is 2.10. The number of aliphatic carboxylic acids is 1. The molecule has 1 amide bonds. The lowest BCUT2D eigenvalue weighted by Gasteiger charge is -2.02. The van der Waals surface area contributed by atoms with Gasteiger partial charge in [-0.1, -0.05) is 18.2 Å². The van der Waals surface area contributed by atoms with Gasteiger partial charge in [0.2, 0.25) is 17.7 Å². The normalized spacial score (nSPS) is 10.4. The van der Waals surface area contributed by atoms with Crippen LogP contribution in [0, 0.1) is 0 Å². The van der Waals surface area contributed by atoms with Gasteiger partial charge in [-0.15, -0.1) is 10.2 Å². The number of carbonyl (C=O) groups is 2. The molecule has 0 saturated heterocycles. The van der Waals surface area contributed by atoms with Gasteiger partial charge in [-0.05, 0) is 18.6 Å². The zero-order valence-electron chi connectivity index (χ0n) is 12.0. The molecule has 0 unspecified atom stereocenters. The minimum absolute atomic E-state index is 0.0460. The minimum atomic E-state index is -0.867. The highest BCUT2D eigenvalue weighted by atomic mass is 16.4. The number of carbonyl (C=O) groups excluding carboxylic acids is 1. The first kappa shape index (κ1) is 15.7. The van der Waals surface area contributed by atoms with E-state index >= 15 is 0 Å². The number of rotatable bonds is 8. The third-order valence-electron chi connectivity index (χ3n) is 2.94. The topological polar surface area (TPSA) is 105 Å². The van der Waals surface area contributed by atoms with Crippen LogP contribution in [-0.2, 0) is 16.0 Å². The Morgan fingerprint density at radius 1 is 1.14 bits per heavy atom. The van der Waals surface area contributed by atoms with Crippen molar-refractivity contribution >= 4 is 11.9 Å². The molecule has 2 N–H and O–H groups in total. The number of amides is 1. The first-order valence-corrected chi connectivity index (χ1v) is 7.01. The van der Waals surface area contributed by atoms with E-state index in [4.69, 9.17) is 9.52 Å². The van der Waals surface area contributed by atoms with Gasteiger partial charge in [0.05, 0.1) is 0 Å². The molecule has 7 heteroatoms. The predicted octanol–water partition coefficient (Wildman–Crippen LogP) is 1.65. The maximum absolute atomic E-state index is 11.6. The van der Waals surface area contributed by atoms with Crippen molar-refractivity contribution in [1.29, 1.82) is 0 Å². The fourth-order valence-corrected chi connectivity index (χ4v) is 1.83. The van der Waals surface area contributed by atoms with E-state index in [0.717, 1.165) is 5.56 Å². The van der Waals surface area contributed by atoms with E-state index in [1.165, 1.54) is 0 Å². The Kier molecular flexibility index (Phi) is 5.65. The van der Waals surface area contributed by atoms with Crippen molar-refractivity contribution in [2.24, 2.45) is 0 Å². The molecule has 1 aromatic carbocycles. The van der Waals surface area contributed by atoms with Crippen LogP contribution in [0.2, 0.25) is 0 Å². The molecular formula is C15H17N3O4. The second kappa shape index (κ2) is 7.92. The maximum atomic E-state index is 11.6. The molecule has 0 spiro atoms. The van der Waals surface area contributed by atoms with Crippen molar-refractivity contribution in [2.45, 2.75) is 25.7 Å². The summed E-state index contributed by atoms with van der Waals surface area (Å²) in [7, 11) is 0. The van der Waals surface area contributed by atoms with Crippen molar-refractivity contribution in [3.05, 3.63) is 36.2 Å². The Morgan fingerprint density at radius 2 is 1.91 bits per heavy atom. The van der Waals surface area contributed by atoms with Crippen LogP contribution >= 0.6 is 0 Å². The highest BCUT2D eigenvalue weighted by Crippen LogP contribution is 2.17. The van der Waals surface area contributed by atoms with E-state index in [2.05, 4.69) is 15.5 Å². The van der Waals surface area contributed by atoms with Crippen LogP contribution in [0.1, 0.15) is 25.2 Å². The lowest BCUT2D eigenvalue weighted by atomic mass is 10.2. The Morgan fingerprint density at radius 3 is 2.64 bits per heavy atom. The van der Waals surface area contributed by atoms with Crippen LogP contribution in [-0.4, -0.2) is 33.7 Å². The van der Waals surface area contributed by atoms with Crippen LogP contribution in [0.5, 0.6) is 0 Å². The van der Waals surface area contributed by atoms with Crippen LogP contribution in [0.25, 0.3) is 11.5 Å². The van der Waals surface area contributed by atoms with Crippen LogP contribution in [0.4, 0.5) is 0 Å².